The average molecular weight is 410 g/mol. The third kappa shape index (κ3) is 7.94. The van der Waals surface area contributed by atoms with Gasteiger partial charge in [0.25, 0.3) is 0 Å². The Morgan fingerprint density at radius 3 is 2.67 bits per heavy atom. The minimum atomic E-state index is 0.723. The number of nitrogens with one attached hydrogen (secondary N) is 2. The Bertz CT molecular complexity index is 711. The van der Waals surface area contributed by atoms with Crippen molar-refractivity contribution in [3.8, 4) is 0 Å². The van der Waals surface area contributed by atoms with Gasteiger partial charge >= 0.3 is 0 Å². The van der Waals surface area contributed by atoms with Crippen LogP contribution in [-0.4, -0.2) is 52.5 Å². The van der Waals surface area contributed by atoms with Crippen molar-refractivity contribution in [3.05, 3.63) is 41.4 Å². The Morgan fingerprint density at radius 2 is 1.96 bits per heavy atom. The molecular weight excluding hydrogens is 378 g/mol. The third-order valence-corrected chi connectivity index (χ3v) is 5.44. The first-order valence-corrected chi connectivity index (χ1v) is 10.8. The summed E-state index contributed by atoms with van der Waals surface area (Å²) in [5, 5.41) is 7.24. The quantitative estimate of drug-likeness (QED) is 0.437. The number of thioether (sulfide) groups is 1. The predicted molar refractivity (Wildman–Crippen MR) is 117 cm³/mol. The van der Waals surface area contributed by atoms with E-state index in [0.29, 0.717) is 0 Å². The van der Waals surface area contributed by atoms with Gasteiger partial charge in [0.2, 0.25) is 0 Å². The fourth-order valence-electron chi connectivity index (χ4n) is 2.59. The molecule has 0 aliphatic rings. The molecule has 150 valence electrons. The zero-order chi connectivity index (χ0) is 19.6. The molecule has 0 bridgehead atoms. The largest absolute Gasteiger partial charge is 0.464 e. The maximum atomic E-state index is 5.81. The van der Waals surface area contributed by atoms with Crippen molar-refractivity contribution in [2.45, 2.75) is 39.1 Å². The molecule has 27 heavy (non-hydrogen) atoms. The number of thiocarbonyl (C=S) groups is 1. The van der Waals surface area contributed by atoms with Gasteiger partial charge in [-0.3, -0.25) is 0 Å². The first kappa shape index (κ1) is 21.8. The van der Waals surface area contributed by atoms with E-state index in [4.69, 9.17) is 16.6 Å². The number of aromatic nitrogens is 2. The molecule has 0 aliphatic carbocycles. The summed E-state index contributed by atoms with van der Waals surface area (Å²) >= 11 is 7.17. The summed E-state index contributed by atoms with van der Waals surface area (Å²) in [6.07, 6.45) is 2.92. The van der Waals surface area contributed by atoms with Gasteiger partial charge in [-0.25, -0.2) is 4.98 Å². The monoisotopic (exact) mass is 409 g/mol. The molecule has 8 heteroatoms. The lowest BCUT2D eigenvalue weighted by atomic mass is 10.3. The zero-order valence-electron chi connectivity index (χ0n) is 16.7. The maximum absolute atomic E-state index is 5.81. The molecular formula is C19H31N5OS2. The highest BCUT2D eigenvalue weighted by Gasteiger charge is 2.04. The van der Waals surface area contributed by atoms with Crippen LogP contribution in [-0.2, 0) is 18.8 Å². The van der Waals surface area contributed by atoms with Gasteiger partial charge in [0, 0.05) is 31.1 Å². The molecule has 0 saturated heterocycles. The van der Waals surface area contributed by atoms with Crippen LogP contribution in [0.25, 0.3) is 0 Å². The summed E-state index contributed by atoms with van der Waals surface area (Å²) in [5.41, 5.74) is 2.33. The lowest BCUT2D eigenvalue weighted by molar-refractivity contribution is 0.344. The number of rotatable bonds is 11. The first-order valence-electron chi connectivity index (χ1n) is 9.26. The van der Waals surface area contributed by atoms with Crippen molar-refractivity contribution in [1.29, 1.82) is 0 Å². The van der Waals surface area contributed by atoms with Gasteiger partial charge in [-0.05, 0) is 58.7 Å². The van der Waals surface area contributed by atoms with E-state index in [1.165, 1.54) is 5.69 Å². The van der Waals surface area contributed by atoms with Crippen LogP contribution in [0.2, 0.25) is 0 Å². The standard InChI is InChI=1S/C19H31N5OS2/c1-15-16(2)24(14-22-15)10-5-8-20-19(26)21-9-11-27-13-18-7-6-17(25-18)12-23(3)4/h6-7,14H,5,8-13H2,1-4H3,(H2,20,21,26). The van der Waals surface area contributed by atoms with Crippen LogP contribution in [0.1, 0.15) is 29.3 Å². The molecule has 2 aromatic heterocycles. The lowest BCUT2D eigenvalue weighted by Crippen LogP contribution is -2.37. The fourth-order valence-corrected chi connectivity index (χ4v) is 3.54. The zero-order valence-corrected chi connectivity index (χ0v) is 18.4. The number of nitrogens with zero attached hydrogens (tertiary/aromatic N) is 3. The van der Waals surface area contributed by atoms with Crippen LogP contribution < -0.4 is 10.6 Å². The number of hydrogen-bond acceptors (Lipinski definition) is 5. The molecule has 0 fully saturated rings. The maximum Gasteiger partial charge on any atom is 0.166 e. The average Bonchev–Trinajstić information content (AvgIpc) is 3.18. The molecule has 2 rings (SSSR count). The van der Waals surface area contributed by atoms with Crippen LogP contribution in [0, 0.1) is 13.8 Å². The Kier molecular flexibility index (Phi) is 9.17. The first-order chi connectivity index (χ1) is 13.0. The fraction of sp³-hybridized carbons (Fsp3) is 0.579. The van der Waals surface area contributed by atoms with Crippen molar-refractivity contribution >= 4 is 29.1 Å². The number of aryl methyl sites for hydroxylation is 2. The summed E-state index contributed by atoms with van der Waals surface area (Å²) < 4.78 is 7.99. The van der Waals surface area contributed by atoms with E-state index in [9.17, 15) is 0 Å². The molecule has 2 N–H and O–H groups in total. The van der Waals surface area contributed by atoms with Gasteiger partial charge in [0.1, 0.15) is 11.5 Å². The molecule has 0 saturated carbocycles. The summed E-state index contributed by atoms with van der Waals surface area (Å²) in [6.45, 7) is 7.64. The van der Waals surface area contributed by atoms with E-state index in [1.54, 1.807) is 0 Å². The lowest BCUT2D eigenvalue weighted by Gasteiger charge is -2.11. The predicted octanol–water partition coefficient (Wildman–Crippen LogP) is 2.94. The van der Waals surface area contributed by atoms with E-state index in [-0.39, 0.29) is 0 Å². The van der Waals surface area contributed by atoms with Crippen LogP contribution in [0.4, 0.5) is 0 Å². The Balaban J connectivity index is 1.49. The van der Waals surface area contributed by atoms with E-state index in [0.717, 1.165) is 66.4 Å². The van der Waals surface area contributed by atoms with Crippen LogP contribution in [0.5, 0.6) is 0 Å². The molecule has 0 amide bonds. The minimum Gasteiger partial charge on any atom is -0.464 e. The van der Waals surface area contributed by atoms with Crippen LogP contribution >= 0.6 is 24.0 Å². The molecule has 0 aromatic carbocycles. The SMILES string of the molecule is Cc1ncn(CCCNC(=S)NCCSCc2ccc(CN(C)C)o2)c1C. The number of furan rings is 1. The van der Waals surface area contributed by atoms with Crippen molar-refractivity contribution in [1.82, 2.24) is 25.1 Å². The summed E-state index contributed by atoms with van der Waals surface area (Å²) in [4.78, 5) is 6.42. The molecule has 0 spiro atoms. The van der Waals surface area contributed by atoms with Crippen molar-refractivity contribution in [3.63, 3.8) is 0 Å². The third-order valence-electron chi connectivity index (χ3n) is 4.17. The number of imidazole rings is 1. The molecule has 6 nitrogen and oxygen atoms in total. The second-order valence-electron chi connectivity index (χ2n) is 6.80. The molecule has 2 heterocycles. The van der Waals surface area contributed by atoms with Crippen LogP contribution in [0.15, 0.2) is 22.9 Å². The summed E-state index contributed by atoms with van der Waals surface area (Å²) in [6, 6.07) is 4.12. The summed E-state index contributed by atoms with van der Waals surface area (Å²) in [5.74, 6) is 3.92. The van der Waals surface area contributed by atoms with Crippen molar-refractivity contribution < 1.29 is 4.42 Å². The van der Waals surface area contributed by atoms with Gasteiger partial charge < -0.3 is 24.5 Å². The van der Waals surface area contributed by atoms with Gasteiger partial charge in [0.15, 0.2) is 5.11 Å². The smallest absolute Gasteiger partial charge is 0.166 e. The minimum absolute atomic E-state index is 0.723. The Labute approximate surface area is 172 Å². The highest BCUT2D eigenvalue weighted by atomic mass is 32.2. The van der Waals surface area contributed by atoms with E-state index < -0.39 is 0 Å². The molecule has 0 atom stereocenters. The highest BCUT2D eigenvalue weighted by Crippen LogP contribution is 2.15. The second kappa shape index (κ2) is 11.4. The van der Waals surface area contributed by atoms with E-state index in [2.05, 4.69) is 44.1 Å². The van der Waals surface area contributed by atoms with Gasteiger partial charge in [-0.1, -0.05) is 0 Å². The van der Waals surface area contributed by atoms with Gasteiger partial charge in [-0.2, -0.15) is 11.8 Å². The number of hydrogen-bond donors (Lipinski definition) is 2. The van der Waals surface area contributed by atoms with Crippen molar-refractivity contribution in [2.75, 3.05) is 32.9 Å². The van der Waals surface area contributed by atoms with Gasteiger partial charge in [0.05, 0.1) is 24.3 Å². The van der Waals surface area contributed by atoms with Crippen LogP contribution in [0.3, 0.4) is 0 Å². The van der Waals surface area contributed by atoms with Gasteiger partial charge in [-0.15, -0.1) is 0 Å². The van der Waals surface area contributed by atoms with Crippen molar-refractivity contribution in [2.24, 2.45) is 0 Å². The second-order valence-corrected chi connectivity index (χ2v) is 8.32. The molecule has 2 aromatic rings. The highest BCUT2D eigenvalue weighted by molar-refractivity contribution is 7.98. The Hall–Kier alpha value is -1.51. The Morgan fingerprint density at radius 1 is 1.22 bits per heavy atom. The summed E-state index contributed by atoms with van der Waals surface area (Å²) in [7, 11) is 4.08. The molecule has 0 unspecified atom stereocenters. The molecule has 0 radical (unpaired) electrons. The topological polar surface area (TPSA) is 58.3 Å². The van der Waals surface area contributed by atoms with E-state index >= 15 is 0 Å². The van der Waals surface area contributed by atoms with E-state index in [1.807, 2.05) is 39.1 Å². The molecule has 0 aliphatic heterocycles. The normalized spacial score (nSPS) is 11.1.